The number of nitrogen functional groups attached to an aromatic ring is 2. The average molecular weight is 819 g/mol. The van der Waals surface area contributed by atoms with E-state index in [0.29, 0.717) is 71.1 Å². The number of aliphatic hydroxyl groups is 6. The van der Waals surface area contributed by atoms with Gasteiger partial charge in [0.05, 0.1) is 31.5 Å². The number of rotatable bonds is 26. The van der Waals surface area contributed by atoms with Gasteiger partial charge in [0.25, 0.3) is 5.91 Å². The van der Waals surface area contributed by atoms with Crippen LogP contribution in [-0.4, -0.2) is 140 Å². The highest BCUT2D eigenvalue weighted by Gasteiger charge is 2.26. The number of aryl methyl sites for hydroxylation is 2. The molecule has 19 heteroatoms. The maximum absolute atomic E-state index is 12.5. The number of fused-ring (bicyclic) bond motifs is 1. The molecule has 2 amide bonds. The number of carbonyl (C=O) groups excluding carboxylic acids is 2. The van der Waals surface area contributed by atoms with E-state index in [9.17, 15) is 30.0 Å². The van der Waals surface area contributed by atoms with Crippen molar-refractivity contribution in [3.63, 3.8) is 0 Å². The molecule has 0 aliphatic rings. The van der Waals surface area contributed by atoms with Gasteiger partial charge in [-0.3, -0.25) is 19.9 Å². The van der Waals surface area contributed by atoms with Crippen LogP contribution in [0.15, 0.2) is 41.4 Å². The molecular formula is C38H59ClN10O8. The number of amides is 2. The third kappa shape index (κ3) is 15.6. The lowest BCUT2D eigenvalue weighted by molar-refractivity contribution is -0.120. The van der Waals surface area contributed by atoms with Crippen LogP contribution in [0.3, 0.4) is 0 Å². The molecule has 18 nitrogen and oxygen atoms in total. The van der Waals surface area contributed by atoms with E-state index >= 15 is 0 Å². The van der Waals surface area contributed by atoms with Crippen molar-refractivity contribution in [2.45, 2.75) is 88.2 Å². The van der Waals surface area contributed by atoms with E-state index in [1.807, 2.05) is 17.0 Å². The van der Waals surface area contributed by atoms with Gasteiger partial charge in [-0.15, -0.1) is 0 Å². The molecule has 0 fully saturated rings. The maximum Gasteiger partial charge on any atom is 0.280 e. The van der Waals surface area contributed by atoms with E-state index in [2.05, 4.69) is 49.9 Å². The fraction of sp³-hybridized carbons (Fsp3) is 0.553. The summed E-state index contributed by atoms with van der Waals surface area (Å²) in [5.74, 6) is -1.54. The molecule has 5 atom stereocenters. The second kappa shape index (κ2) is 24.5. The molecule has 16 N–H and O–H groups in total. The van der Waals surface area contributed by atoms with Crippen LogP contribution < -0.4 is 33.6 Å². The standard InChI is InChI=1S/C38H59ClN10O8/c39-33-35(41)47-34(40)31(46-33)37(57)48-38(43)45-16-5-3-8-23-12-13-24(27-11-2-1-10-26(23)27)14-15-28(36(42)56)44-17-7-19-49(18-6-4-9-25(52)21-50)20-29(53)32(55)30(54)22-51/h1-2,10-13,25,28-30,32,44,50-55H,3-9,14-22H2,(H2,42,56)(H4,40,41,47)(H3,43,45,48,57)/t25-,28-,29-,30+,32+/m0/s1. The van der Waals surface area contributed by atoms with E-state index in [4.69, 9.17) is 44.7 Å². The highest BCUT2D eigenvalue weighted by Crippen LogP contribution is 2.26. The molecule has 3 rings (SSSR count). The molecule has 1 heterocycles. The van der Waals surface area contributed by atoms with Gasteiger partial charge in [0.15, 0.2) is 28.4 Å². The van der Waals surface area contributed by atoms with Crippen molar-refractivity contribution in [2.75, 3.05) is 57.4 Å². The molecule has 3 aromatic rings. The van der Waals surface area contributed by atoms with Gasteiger partial charge in [-0.25, -0.2) is 9.97 Å². The Bertz CT molecular complexity index is 1760. The van der Waals surface area contributed by atoms with Gasteiger partial charge in [0.1, 0.15) is 12.2 Å². The summed E-state index contributed by atoms with van der Waals surface area (Å²) in [6, 6.07) is 11.7. The first-order valence-electron chi connectivity index (χ1n) is 19.1. The second-order valence-corrected chi connectivity index (χ2v) is 14.3. The van der Waals surface area contributed by atoms with Crippen molar-refractivity contribution in [1.29, 1.82) is 0 Å². The number of guanidine groups is 1. The molecule has 0 bridgehead atoms. The van der Waals surface area contributed by atoms with Crippen molar-refractivity contribution in [3.05, 3.63) is 58.4 Å². The van der Waals surface area contributed by atoms with Crippen LogP contribution in [0.2, 0.25) is 5.15 Å². The Balaban J connectivity index is 1.51. The maximum atomic E-state index is 12.5. The quantitative estimate of drug-likeness (QED) is 0.0268. The first-order valence-corrected chi connectivity index (χ1v) is 19.5. The van der Waals surface area contributed by atoms with Crippen LogP contribution in [0.25, 0.3) is 10.8 Å². The first kappa shape index (κ1) is 47.1. The predicted octanol–water partition coefficient (Wildman–Crippen LogP) is -0.818. The number of hydrogen-bond donors (Lipinski definition) is 12. The van der Waals surface area contributed by atoms with Crippen molar-refractivity contribution in [3.8, 4) is 0 Å². The third-order valence-electron chi connectivity index (χ3n) is 9.58. The van der Waals surface area contributed by atoms with Gasteiger partial charge in [-0.2, -0.15) is 0 Å². The Morgan fingerprint density at radius 2 is 1.47 bits per heavy atom. The summed E-state index contributed by atoms with van der Waals surface area (Å²) >= 11 is 5.85. The number of benzene rings is 2. The number of primary amides is 1. The fourth-order valence-corrected chi connectivity index (χ4v) is 6.50. The number of anilines is 2. The van der Waals surface area contributed by atoms with E-state index in [-0.39, 0.29) is 41.6 Å². The van der Waals surface area contributed by atoms with Gasteiger partial charge in [0.2, 0.25) is 5.91 Å². The van der Waals surface area contributed by atoms with Gasteiger partial charge in [0, 0.05) is 13.1 Å². The Kier molecular flexibility index (Phi) is 20.3. The number of aliphatic imine (C=N–C) groups is 1. The summed E-state index contributed by atoms with van der Waals surface area (Å²) in [6.45, 7) is 0.881. The summed E-state index contributed by atoms with van der Waals surface area (Å²) in [5, 5.41) is 66.0. The first-order chi connectivity index (χ1) is 27.2. The van der Waals surface area contributed by atoms with Crippen LogP contribution in [0.4, 0.5) is 11.6 Å². The van der Waals surface area contributed by atoms with Crippen molar-refractivity contribution >= 4 is 51.8 Å². The van der Waals surface area contributed by atoms with Gasteiger partial charge in [-0.05, 0) is 99.3 Å². The summed E-state index contributed by atoms with van der Waals surface area (Å²) < 4.78 is 0. The highest BCUT2D eigenvalue weighted by molar-refractivity contribution is 6.31. The fourth-order valence-electron chi connectivity index (χ4n) is 6.37. The molecule has 316 valence electrons. The monoisotopic (exact) mass is 818 g/mol. The topological polar surface area (TPSA) is 325 Å². The van der Waals surface area contributed by atoms with Gasteiger partial charge in [-0.1, -0.05) is 48.0 Å². The van der Waals surface area contributed by atoms with Crippen LogP contribution in [-0.2, 0) is 17.6 Å². The molecular weight excluding hydrogens is 760 g/mol. The van der Waals surface area contributed by atoms with Crippen molar-refractivity contribution in [1.82, 2.24) is 25.5 Å². The minimum Gasteiger partial charge on any atom is -0.394 e. The lowest BCUT2D eigenvalue weighted by Gasteiger charge is -2.29. The zero-order valence-electron chi connectivity index (χ0n) is 32.1. The number of hydrogen-bond acceptors (Lipinski definition) is 15. The number of carbonyl (C=O) groups is 2. The number of aliphatic hydroxyl groups excluding tert-OH is 6. The molecule has 2 aromatic carbocycles. The number of halogens is 1. The number of nitrogens with two attached hydrogens (primary N) is 4. The number of nitrogens with one attached hydrogen (secondary N) is 2. The lowest BCUT2D eigenvalue weighted by Crippen LogP contribution is -2.47. The minimum atomic E-state index is -1.52. The molecule has 0 aliphatic heterocycles. The zero-order chi connectivity index (χ0) is 41.9. The SMILES string of the molecule is NC(=O)[C@H](CCc1ccc(CCCCN=C(N)NC(=O)c2nc(Cl)c(N)nc2N)c2ccccc12)NCCCN(CCCC[C@H](O)CO)C[C@H](O)[C@@H](O)[C@H](O)CO. The molecule has 0 radical (unpaired) electrons. The third-order valence-corrected chi connectivity index (χ3v) is 9.86. The van der Waals surface area contributed by atoms with E-state index < -0.39 is 48.9 Å². The summed E-state index contributed by atoms with van der Waals surface area (Å²) in [7, 11) is 0. The summed E-state index contributed by atoms with van der Waals surface area (Å²) in [6.07, 6.45) is 0.567. The Labute approximate surface area is 337 Å². The molecule has 0 spiro atoms. The van der Waals surface area contributed by atoms with Crippen LogP contribution in [0, 0.1) is 0 Å². The van der Waals surface area contributed by atoms with Gasteiger partial charge < -0.3 is 63.8 Å². The van der Waals surface area contributed by atoms with Crippen LogP contribution >= 0.6 is 11.6 Å². The molecule has 0 saturated carbocycles. The average Bonchev–Trinajstić information content (AvgIpc) is 3.19. The highest BCUT2D eigenvalue weighted by atomic mass is 35.5. The Hall–Kier alpha value is -4.24. The second-order valence-electron chi connectivity index (χ2n) is 14.0. The molecule has 57 heavy (non-hydrogen) atoms. The molecule has 0 unspecified atom stereocenters. The largest absolute Gasteiger partial charge is 0.394 e. The molecule has 0 aliphatic carbocycles. The summed E-state index contributed by atoms with van der Waals surface area (Å²) in [5.41, 5.74) is 25.0. The summed E-state index contributed by atoms with van der Waals surface area (Å²) in [4.78, 5) is 38.7. The minimum absolute atomic E-state index is 0.0420. The smallest absolute Gasteiger partial charge is 0.280 e. The Morgan fingerprint density at radius 1 is 0.807 bits per heavy atom. The number of unbranched alkanes of at least 4 members (excludes halogenated alkanes) is 2. The number of aromatic nitrogens is 2. The predicted molar refractivity (Wildman–Crippen MR) is 219 cm³/mol. The van der Waals surface area contributed by atoms with Crippen LogP contribution in [0.5, 0.6) is 0 Å². The molecule has 0 saturated heterocycles. The van der Waals surface area contributed by atoms with E-state index in [0.717, 1.165) is 34.7 Å². The molecule has 1 aromatic heterocycles. The van der Waals surface area contributed by atoms with Gasteiger partial charge >= 0.3 is 0 Å². The number of nitrogens with zero attached hydrogens (tertiary/aromatic N) is 4. The van der Waals surface area contributed by atoms with E-state index in [1.165, 1.54) is 0 Å². The van der Waals surface area contributed by atoms with E-state index in [1.54, 1.807) is 0 Å². The van der Waals surface area contributed by atoms with Crippen LogP contribution in [0.1, 0.15) is 66.6 Å². The Morgan fingerprint density at radius 3 is 2.12 bits per heavy atom. The zero-order valence-corrected chi connectivity index (χ0v) is 32.9. The van der Waals surface area contributed by atoms with Crippen molar-refractivity contribution in [2.24, 2.45) is 16.5 Å². The van der Waals surface area contributed by atoms with Crippen molar-refractivity contribution < 1.29 is 40.2 Å². The lowest BCUT2D eigenvalue weighted by atomic mass is 9.93. The normalized spacial score (nSPS) is 14.7.